The molecular weight excluding hydrogens is 532 g/mol. The highest BCUT2D eigenvalue weighted by Gasteiger charge is 2.32. The molecule has 0 saturated carbocycles. The standard InChI is InChI=1S/C29H24N4O4S2/c1-18-6-5-12-32-26(18)31-25(30-16-20-9-10-22-23(14-20)37-17-36-22)21(27(32)34)15-24-28(35)33(29(38)39-24)13-11-19-7-3-2-4-8-19/h2-10,12,14-15,30H,11,13,16-17H2,1H3/b24-15-. The van der Waals surface area contributed by atoms with E-state index in [1.54, 1.807) is 23.2 Å². The SMILES string of the molecule is Cc1cccn2c(=O)c(/C=C3\SC(=S)N(CCc4ccccc4)C3=O)c(NCc3ccc4c(c3)OCO4)nc12. The van der Waals surface area contributed by atoms with E-state index in [-0.39, 0.29) is 18.3 Å². The van der Waals surface area contributed by atoms with Crippen molar-refractivity contribution in [1.82, 2.24) is 14.3 Å². The highest BCUT2D eigenvalue weighted by Crippen LogP contribution is 2.34. The number of aryl methyl sites for hydroxylation is 1. The van der Waals surface area contributed by atoms with Crippen LogP contribution < -0.4 is 20.3 Å². The average Bonchev–Trinajstić information content (AvgIpc) is 3.52. The summed E-state index contributed by atoms with van der Waals surface area (Å²) in [5, 5.41) is 3.31. The Kier molecular flexibility index (Phi) is 6.80. The van der Waals surface area contributed by atoms with E-state index in [4.69, 9.17) is 26.7 Å². The van der Waals surface area contributed by atoms with Gasteiger partial charge >= 0.3 is 0 Å². The summed E-state index contributed by atoms with van der Waals surface area (Å²) in [6, 6.07) is 19.3. The summed E-state index contributed by atoms with van der Waals surface area (Å²) in [4.78, 5) is 33.8. The number of anilines is 1. The van der Waals surface area contributed by atoms with Crippen LogP contribution in [0.1, 0.15) is 22.3 Å². The third-order valence-corrected chi connectivity index (χ3v) is 7.97. The molecule has 0 radical (unpaired) electrons. The molecule has 0 atom stereocenters. The van der Waals surface area contributed by atoms with Crippen molar-refractivity contribution in [1.29, 1.82) is 0 Å². The Hall–Kier alpha value is -4.15. The number of carbonyl (C=O) groups excluding carboxylic acids is 1. The number of fused-ring (bicyclic) bond motifs is 2. The first-order valence-electron chi connectivity index (χ1n) is 12.4. The van der Waals surface area contributed by atoms with Gasteiger partial charge in [0.1, 0.15) is 15.8 Å². The lowest BCUT2D eigenvalue weighted by Gasteiger charge is -2.14. The fourth-order valence-corrected chi connectivity index (χ4v) is 5.81. The van der Waals surface area contributed by atoms with Gasteiger partial charge in [-0.3, -0.25) is 18.9 Å². The minimum atomic E-state index is -0.272. The smallest absolute Gasteiger partial charge is 0.267 e. The van der Waals surface area contributed by atoms with Gasteiger partial charge in [0, 0.05) is 19.3 Å². The molecular formula is C29H24N4O4S2. The predicted molar refractivity (Wildman–Crippen MR) is 156 cm³/mol. The van der Waals surface area contributed by atoms with Crippen molar-refractivity contribution >= 4 is 51.7 Å². The predicted octanol–water partition coefficient (Wildman–Crippen LogP) is 4.79. The summed E-state index contributed by atoms with van der Waals surface area (Å²) < 4.78 is 12.9. The summed E-state index contributed by atoms with van der Waals surface area (Å²) in [5.41, 5.74) is 3.48. The van der Waals surface area contributed by atoms with Crippen molar-refractivity contribution in [3.8, 4) is 11.5 Å². The van der Waals surface area contributed by atoms with E-state index in [1.807, 2.05) is 61.5 Å². The Morgan fingerprint density at radius 3 is 2.72 bits per heavy atom. The Morgan fingerprint density at radius 1 is 1.05 bits per heavy atom. The van der Waals surface area contributed by atoms with Gasteiger partial charge in [-0.25, -0.2) is 4.98 Å². The van der Waals surface area contributed by atoms with Gasteiger partial charge in [0.05, 0.1) is 10.5 Å². The molecule has 196 valence electrons. The van der Waals surface area contributed by atoms with Crippen molar-refractivity contribution in [3.05, 3.63) is 104 Å². The van der Waals surface area contributed by atoms with Crippen molar-refractivity contribution in [2.24, 2.45) is 0 Å². The van der Waals surface area contributed by atoms with Crippen molar-refractivity contribution in [3.63, 3.8) is 0 Å². The normalized spacial score (nSPS) is 15.5. The first kappa shape index (κ1) is 25.1. The van der Waals surface area contributed by atoms with Crippen molar-refractivity contribution < 1.29 is 14.3 Å². The lowest BCUT2D eigenvalue weighted by atomic mass is 10.1. The number of thioether (sulfide) groups is 1. The number of rotatable bonds is 7. The molecule has 1 amide bonds. The molecule has 1 fully saturated rings. The highest BCUT2D eigenvalue weighted by atomic mass is 32.2. The van der Waals surface area contributed by atoms with E-state index >= 15 is 0 Å². The third-order valence-electron chi connectivity index (χ3n) is 6.60. The molecule has 1 N–H and O–H groups in total. The molecule has 2 aliphatic rings. The second kappa shape index (κ2) is 10.5. The monoisotopic (exact) mass is 556 g/mol. The molecule has 4 aromatic rings. The van der Waals surface area contributed by atoms with Gasteiger partial charge < -0.3 is 14.8 Å². The molecule has 2 aliphatic heterocycles. The molecule has 0 spiro atoms. The van der Waals surface area contributed by atoms with Crippen LogP contribution in [0.15, 0.2) is 76.6 Å². The number of nitrogens with zero attached hydrogens (tertiary/aromatic N) is 3. The molecule has 1 saturated heterocycles. The van der Waals surface area contributed by atoms with Crippen LogP contribution in [0.4, 0.5) is 5.82 Å². The van der Waals surface area contributed by atoms with Gasteiger partial charge in [-0.1, -0.05) is 66.4 Å². The quantitative estimate of drug-likeness (QED) is 0.257. The van der Waals surface area contributed by atoms with Crippen molar-refractivity contribution in [2.75, 3.05) is 18.7 Å². The van der Waals surface area contributed by atoms with Crippen LogP contribution >= 0.6 is 24.0 Å². The third kappa shape index (κ3) is 5.00. The zero-order valence-electron chi connectivity index (χ0n) is 21.0. The number of ether oxygens (including phenoxy) is 2. The topological polar surface area (TPSA) is 85.2 Å². The van der Waals surface area contributed by atoms with Crippen LogP contribution in [0.2, 0.25) is 0 Å². The summed E-state index contributed by atoms with van der Waals surface area (Å²) in [5.74, 6) is 1.56. The number of amides is 1. The zero-order chi connectivity index (χ0) is 26.9. The minimum Gasteiger partial charge on any atom is -0.454 e. The number of carbonyl (C=O) groups is 1. The van der Waals surface area contributed by atoms with Crippen LogP contribution in [0, 0.1) is 6.92 Å². The maximum Gasteiger partial charge on any atom is 0.267 e. The number of pyridine rings is 1. The van der Waals surface area contributed by atoms with E-state index in [1.165, 1.54) is 16.2 Å². The van der Waals surface area contributed by atoms with Gasteiger partial charge in [-0.05, 0) is 54.3 Å². The Morgan fingerprint density at radius 2 is 1.87 bits per heavy atom. The second-order valence-electron chi connectivity index (χ2n) is 9.17. The van der Waals surface area contributed by atoms with Gasteiger partial charge in [0.15, 0.2) is 11.5 Å². The van der Waals surface area contributed by atoms with E-state index in [9.17, 15) is 9.59 Å². The molecule has 8 nitrogen and oxygen atoms in total. The maximum absolute atomic E-state index is 13.7. The fourth-order valence-electron chi connectivity index (χ4n) is 4.52. The number of hydrogen-bond acceptors (Lipinski definition) is 8. The van der Waals surface area contributed by atoms with E-state index in [0.717, 1.165) is 16.7 Å². The summed E-state index contributed by atoms with van der Waals surface area (Å²) in [7, 11) is 0. The van der Waals surface area contributed by atoms with Crippen LogP contribution in [-0.4, -0.2) is 37.8 Å². The molecule has 10 heteroatoms. The fraction of sp³-hybridized carbons (Fsp3) is 0.172. The number of benzene rings is 2. The first-order chi connectivity index (χ1) is 19.0. The van der Waals surface area contributed by atoms with Crippen LogP contribution in [0.5, 0.6) is 11.5 Å². The number of nitrogens with one attached hydrogen (secondary N) is 1. The van der Waals surface area contributed by atoms with Gasteiger partial charge in [0.2, 0.25) is 6.79 Å². The van der Waals surface area contributed by atoms with Gasteiger partial charge in [-0.15, -0.1) is 0 Å². The molecule has 6 rings (SSSR count). The molecule has 2 aromatic carbocycles. The minimum absolute atomic E-state index is 0.197. The van der Waals surface area contributed by atoms with Crippen molar-refractivity contribution in [2.45, 2.75) is 19.9 Å². The lowest BCUT2D eigenvalue weighted by Crippen LogP contribution is -2.30. The van der Waals surface area contributed by atoms with Gasteiger partial charge in [-0.2, -0.15) is 0 Å². The van der Waals surface area contributed by atoms with E-state index in [0.29, 0.717) is 57.3 Å². The summed E-state index contributed by atoms with van der Waals surface area (Å²) >= 11 is 6.73. The summed E-state index contributed by atoms with van der Waals surface area (Å²) in [6.45, 7) is 2.96. The van der Waals surface area contributed by atoms with Gasteiger partial charge in [0.25, 0.3) is 11.5 Å². The largest absolute Gasteiger partial charge is 0.454 e. The average molecular weight is 557 g/mol. The number of aromatic nitrogens is 2. The molecule has 0 aliphatic carbocycles. The molecule has 4 heterocycles. The Labute approximate surface area is 234 Å². The molecule has 0 unspecified atom stereocenters. The van der Waals surface area contributed by atoms with E-state index < -0.39 is 0 Å². The first-order valence-corrected chi connectivity index (χ1v) is 13.6. The second-order valence-corrected chi connectivity index (χ2v) is 10.8. The number of thiocarbonyl (C=S) groups is 1. The lowest BCUT2D eigenvalue weighted by molar-refractivity contribution is -0.122. The Balaban J connectivity index is 1.32. The Bertz CT molecular complexity index is 1700. The van der Waals surface area contributed by atoms with Crippen LogP contribution in [0.3, 0.4) is 0 Å². The molecule has 2 aromatic heterocycles. The highest BCUT2D eigenvalue weighted by molar-refractivity contribution is 8.26. The summed E-state index contributed by atoms with van der Waals surface area (Å²) in [6.07, 6.45) is 3.97. The zero-order valence-corrected chi connectivity index (χ0v) is 22.7. The van der Waals surface area contributed by atoms with Crippen LogP contribution in [0.25, 0.3) is 11.7 Å². The molecule has 0 bridgehead atoms. The molecule has 39 heavy (non-hydrogen) atoms. The van der Waals surface area contributed by atoms with E-state index in [2.05, 4.69) is 5.32 Å². The number of hydrogen-bond donors (Lipinski definition) is 1. The maximum atomic E-state index is 13.7. The van der Waals surface area contributed by atoms with Crippen LogP contribution in [-0.2, 0) is 17.8 Å².